The molecule has 1 fully saturated rings. The van der Waals surface area contributed by atoms with Gasteiger partial charge in [0.1, 0.15) is 0 Å². The Kier molecular flexibility index (Phi) is 7.84. The van der Waals surface area contributed by atoms with Crippen molar-refractivity contribution in [2.45, 2.75) is 20.4 Å². The summed E-state index contributed by atoms with van der Waals surface area (Å²) in [4.78, 5) is 32.1. The molecule has 4 aromatic rings. The van der Waals surface area contributed by atoms with Crippen molar-refractivity contribution in [3.8, 4) is 0 Å². The lowest BCUT2D eigenvalue weighted by molar-refractivity contribution is -0.121. The van der Waals surface area contributed by atoms with E-state index >= 15 is 0 Å². The molecule has 2 heterocycles. The Balaban J connectivity index is 1.50. The van der Waals surface area contributed by atoms with Gasteiger partial charge in [-0.25, -0.2) is 9.79 Å². The number of rotatable bonds is 6. The van der Waals surface area contributed by atoms with E-state index in [4.69, 9.17) is 27.9 Å². The van der Waals surface area contributed by atoms with Crippen LogP contribution in [0.2, 0.25) is 10.0 Å². The number of para-hydroxylation sites is 1. The maximum absolute atomic E-state index is 13.2. The number of aliphatic imine (C=N–C) groups is 1. The van der Waals surface area contributed by atoms with Gasteiger partial charge in [0.25, 0.3) is 5.91 Å². The van der Waals surface area contributed by atoms with Crippen molar-refractivity contribution in [1.82, 2.24) is 9.47 Å². The molecule has 0 unspecified atom stereocenters. The van der Waals surface area contributed by atoms with E-state index in [-0.39, 0.29) is 5.91 Å². The second-order valence-electron chi connectivity index (χ2n) is 8.98. The van der Waals surface area contributed by atoms with Gasteiger partial charge in [0.05, 0.1) is 22.8 Å². The van der Waals surface area contributed by atoms with E-state index in [0.29, 0.717) is 44.5 Å². The zero-order valence-electron chi connectivity index (χ0n) is 21.6. The Hall–Kier alpha value is -3.52. The van der Waals surface area contributed by atoms with Crippen molar-refractivity contribution in [2.75, 3.05) is 13.7 Å². The normalized spacial score (nSPS) is 15.6. The van der Waals surface area contributed by atoms with E-state index in [9.17, 15) is 9.59 Å². The summed E-state index contributed by atoms with van der Waals surface area (Å²) in [5.74, 6) is -0.548. The van der Waals surface area contributed by atoms with Crippen LogP contribution in [0, 0.1) is 6.92 Å². The van der Waals surface area contributed by atoms with Gasteiger partial charge in [-0.3, -0.25) is 9.69 Å². The number of thioether (sulfide) groups is 1. The predicted molar refractivity (Wildman–Crippen MR) is 160 cm³/mol. The largest absolute Gasteiger partial charge is 0.462 e. The number of amidine groups is 1. The molecular formula is C30H25Cl2N3O3S. The molecule has 39 heavy (non-hydrogen) atoms. The Bertz CT molecular complexity index is 1680. The zero-order chi connectivity index (χ0) is 27.7. The van der Waals surface area contributed by atoms with Crippen LogP contribution in [0.4, 0.5) is 5.69 Å². The molecule has 6 nitrogen and oxygen atoms in total. The Morgan fingerprint density at radius 2 is 1.87 bits per heavy atom. The average Bonchev–Trinajstić information content (AvgIpc) is 3.34. The Morgan fingerprint density at radius 3 is 2.64 bits per heavy atom. The van der Waals surface area contributed by atoms with Crippen molar-refractivity contribution in [3.63, 3.8) is 0 Å². The molecule has 1 aliphatic rings. The van der Waals surface area contributed by atoms with E-state index in [1.807, 2.05) is 37.3 Å². The highest BCUT2D eigenvalue weighted by Gasteiger charge is 2.31. The number of benzene rings is 3. The number of amides is 1. The third-order valence-corrected chi connectivity index (χ3v) is 8.13. The number of aromatic nitrogens is 1. The Labute approximate surface area is 240 Å². The van der Waals surface area contributed by atoms with E-state index in [1.54, 1.807) is 44.3 Å². The molecule has 1 aliphatic heterocycles. The topological polar surface area (TPSA) is 63.9 Å². The molecule has 0 N–H and O–H groups in total. The Morgan fingerprint density at radius 1 is 1.08 bits per heavy atom. The lowest BCUT2D eigenvalue weighted by Gasteiger charge is -2.10. The first-order valence-electron chi connectivity index (χ1n) is 12.3. The van der Waals surface area contributed by atoms with Crippen molar-refractivity contribution < 1.29 is 14.3 Å². The molecular weight excluding hydrogens is 553 g/mol. The fourth-order valence-corrected chi connectivity index (χ4v) is 5.91. The van der Waals surface area contributed by atoms with Gasteiger partial charge in [-0.2, -0.15) is 0 Å². The number of ether oxygens (including phenoxy) is 1. The smallest absolute Gasteiger partial charge is 0.338 e. The number of carbonyl (C=O) groups excluding carboxylic acids is 2. The van der Waals surface area contributed by atoms with Gasteiger partial charge >= 0.3 is 5.97 Å². The molecule has 0 bridgehead atoms. The highest BCUT2D eigenvalue weighted by atomic mass is 35.5. The molecule has 0 aliphatic carbocycles. The van der Waals surface area contributed by atoms with Crippen LogP contribution < -0.4 is 0 Å². The molecule has 1 saturated heterocycles. The van der Waals surface area contributed by atoms with Gasteiger partial charge in [-0.05, 0) is 73.6 Å². The van der Waals surface area contributed by atoms with Gasteiger partial charge in [-0.1, -0.05) is 53.5 Å². The van der Waals surface area contributed by atoms with Crippen LogP contribution in [0.1, 0.15) is 34.1 Å². The minimum atomic E-state index is -0.407. The first-order chi connectivity index (χ1) is 18.8. The molecule has 0 saturated carbocycles. The fourth-order valence-electron chi connectivity index (χ4n) is 4.47. The number of likely N-dealkylation sites (N-methyl/N-ethyl adjacent to an activating group) is 1. The molecule has 1 amide bonds. The molecule has 198 valence electrons. The molecule has 0 atom stereocenters. The van der Waals surface area contributed by atoms with Crippen LogP contribution in [-0.2, 0) is 16.1 Å². The number of fused-ring (bicyclic) bond motifs is 1. The maximum atomic E-state index is 13.2. The summed E-state index contributed by atoms with van der Waals surface area (Å²) >= 11 is 13.9. The number of hydrogen-bond acceptors (Lipinski definition) is 5. The summed E-state index contributed by atoms with van der Waals surface area (Å²) in [5, 5.41) is 2.77. The molecule has 3 aromatic carbocycles. The SMILES string of the molecule is CCOC(=O)c1cccc(N=C2SC(=Cc3c(C)n(Cc4ccc(Cl)cc4Cl)c4ccccc34)C(=O)N2C)c1. The van der Waals surface area contributed by atoms with Crippen LogP contribution in [0.15, 0.2) is 76.6 Å². The highest BCUT2D eigenvalue weighted by Crippen LogP contribution is 2.37. The average molecular weight is 579 g/mol. The van der Waals surface area contributed by atoms with Gasteiger partial charge in [0.15, 0.2) is 5.17 Å². The zero-order valence-corrected chi connectivity index (χ0v) is 23.9. The minimum absolute atomic E-state index is 0.141. The van der Waals surface area contributed by atoms with Gasteiger partial charge < -0.3 is 9.30 Å². The van der Waals surface area contributed by atoms with Crippen molar-refractivity contribution >= 4 is 74.7 Å². The summed E-state index contributed by atoms with van der Waals surface area (Å²) in [6.07, 6.45) is 1.93. The summed E-state index contributed by atoms with van der Waals surface area (Å²) in [6, 6.07) is 20.5. The van der Waals surface area contributed by atoms with Crippen LogP contribution in [0.3, 0.4) is 0 Å². The number of halogens is 2. The quantitative estimate of drug-likeness (QED) is 0.174. The number of esters is 1. The van der Waals surface area contributed by atoms with Gasteiger partial charge in [-0.15, -0.1) is 0 Å². The summed E-state index contributed by atoms with van der Waals surface area (Å²) in [7, 11) is 1.70. The van der Waals surface area contributed by atoms with Crippen molar-refractivity contribution in [2.24, 2.45) is 4.99 Å². The molecule has 5 rings (SSSR count). The first-order valence-corrected chi connectivity index (χ1v) is 13.9. The minimum Gasteiger partial charge on any atom is -0.462 e. The first kappa shape index (κ1) is 27.1. The maximum Gasteiger partial charge on any atom is 0.338 e. The molecule has 1 aromatic heterocycles. The number of carbonyl (C=O) groups is 2. The van der Waals surface area contributed by atoms with E-state index in [2.05, 4.69) is 21.7 Å². The van der Waals surface area contributed by atoms with Crippen LogP contribution in [-0.4, -0.2) is 40.2 Å². The predicted octanol–water partition coefficient (Wildman–Crippen LogP) is 7.72. The highest BCUT2D eigenvalue weighted by molar-refractivity contribution is 8.18. The third-order valence-electron chi connectivity index (χ3n) is 6.48. The third kappa shape index (κ3) is 5.48. The second-order valence-corrected chi connectivity index (χ2v) is 10.8. The van der Waals surface area contributed by atoms with Gasteiger partial charge in [0, 0.05) is 45.8 Å². The lowest BCUT2D eigenvalue weighted by atomic mass is 10.1. The van der Waals surface area contributed by atoms with Crippen LogP contribution in [0.5, 0.6) is 0 Å². The fraction of sp³-hybridized carbons (Fsp3) is 0.167. The number of nitrogens with zero attached hydrogens (tertiary/aromatic N) is 3. The van der Waals surface area contributed by atoms with Crippen LogP contribution >= 0.6 is 35.0 Å². The van der Waals surface area contributed by atoms with Crippen molar-refractivity contribution in [1.29, 1.82) is 0 Å². The molecule has 9 heteroatoms. The van der Waals surface area contributed by atoms with E-state index < -0.39 is 5.97 Å². The monoisotopic (exact) mass is 577 g/mol. The lowest BCUT2D eigenvalue weighted by Crippen LogP contribution is -2.23. The summed E-state index contributed by atoms with van der Waals surface area (Å²) in [6.45, 7) is 4.66. The van der Waals surface area contributed by atoms with E-state index in [0.717, 1.165) is 27.7 Å². The van der Waals surface area contributed by atoms with Crippen molar-refractivity contribution in [3.05, 3.63) is 104 Å². The number of hydrogen-bond donors (Lipinski definition) is 0. The summed E-state index contributed by atoms with van der Waals surface area (Å²) in [5.41, 5.74) is 4.95. The molecule has 0 spiro atoms. The standard InChI is InChI=1S/C30H25Cl2N3O3S/c1-4-38-29(37)19-8-7-9-22(14-19)33-30-34(3)28(36)27(39-30)16-24-18(2)35(26-11-6-5-10-23(24)26)17-20-12-13-21(31)15-25(20)32/h5-16H,4,17H2,1-3H3. The second kappa shape index (κ2) is 11.3. The van der Waals surface area contributed by atoms with Crippen LogP contribution in [0.25, 0.3) is 17.0 Å². The van der Waals surface area contributed by atoms with Gasteiger partial charge in [0.2, 0.25) is 0 Å². The summed E-state index contributed by atoms with van der Waals surface area (Å²) < 4.78 is 7.29. The van der Waals surface area contributed by atoms with E-state index in [1.165, 1.54) is 16.7 Å². The molecule has 0 radical (unpaired) electrons.